The van der Waals surface area contributed by atoms with Crippen molar-refractivity contribution in [3.05, 3.63) is 29.6 Å². The van der Waals surface area contributed by atoms with Crippen LogP contribution in [0, 0.1) is 17.5 Å². The van der Waals surface area contributed by atoms with E-state index >= 15 is 0 Å². The summed E-state index contributed by atoms with van der Waals surface area (Å²) in [6.45, 7) is 0.0342. The number of hydrogen-bond acceptors (Lipinski definition) is 3. The molecular weight excluding hydrogens is 223 g/mol. The highest BCUT2D eigenvalue weighted by atomic mass is 19.2. The van der Waals surface area contributed by atoms with Gasteiger partial charge in [-0.1, -0.05) is 0 Å². The molecule has 88 valence electrons. The fourth-order valence-electron chi connectivity index (χ4n) is 1.09. The number of hydrogen-bond donors (Lipinski definition) is 1. The van der Waals surface area contributed by atoms with Crippen molar-refractivity contribution in [1.82, 2.24) is 0 Å². The Morgan fingerprint density at radius 3 is 2.69 bits per heavy atom. The summed E-state index contributed by atoms with van der Waals surface area (Å²) in [5.74, 6) is -3.84. The van der Waals surface area contributed by atoms with Crippen LogP contribution in [0.4, 0.5) is 18.9 Å². The van der Waals surface area contributed by atoms with E-state index in [9.17, 15) is 18.0 Å². The fraction of sp³-hybridized carbons (Fsp3) is 0.300. The first kappa shape index (κ1) is 12.4. The second-order valence-electron chi connectivity index (χ2n) is 3.00. The number of esters is 1. The van der Waals surface area contributed by atoms with Gasteiger partial charge >= 0.3 is 5.97 Å². The molecule has 0 heterocycles. The number of rotatable bonds is 4. The number of halogens is 3. The van der Waals surface area contributed by atoms with Crippen molar-refractivity contribution >= 4 is 11.7 Å². The summed E-state index contributed by atoms with van der Waals surface area (Å²) >= 11 is 0. The molecule has 0 saturated carbocycles. The molecule has 0 fully saturated rings. The largest absolute Gasteiger partial charge is 0.469 e. The lowest BCUT2D eigenvalue weighted by Gasteiger charge is -2.07. The Bertz CT molecular complexity index is 396. The average molecular weight is 233 g/mol. The predicted molar refractivity (Wildman–Crippen MR) is 51.4 cm³/mol. The number of benzene rings is 1. The van der Waals surface area contributed by atoms with Crippen LogP contribution in [0.1, 0.15) is 6.42 Å². The van der Waals surface area contributed by atoms with E-state index in [4.69, 9.17) is 0 Å². The minimum absolute atomic E-state index is 0.0198. The minimum atomic E-state index is -1.28. The maximum atomic E-state index is 13.1. The number of nitrogens with one attached hydrogen (secondary N) is 1. The number of carbonyl (C=O) groups excluding carboxylic acids is 1. The van der Waals surface area contributed by atoms with Crippen LogP contribution in [-0.2, 0) is 9.53 Å². The molecule has 0 spiro atoms. The van der Waals surface area contributed by atoms with Gasteiger partial charge in [0.25, 0.3) is 0 Å². The topological polar surface area (TPSA) is 38.3 Å². The van der Waals surface area contributed by atoms with Crippen LogP contribution in [0.5, 0.6) is 0 Å². The van der Waals surface area contributed by atoms with Gasteiger partial charge in [-0.25, -0.2) is 13.2 Å². The van der Waals surface area contributed by atoms with Gasteiger partial charge in [0.2, 0.25) is 0 Å². The Hall–Kier alpha value is -1.72. The third-order valence-corrected chi connectivity index (χ3v) is 1.87. The number of anilines is 1. The molecule has 6 heteroatoms. The lowest BCUT2D eigenvalue weighted by atomic mass is 10.2. The molecule has 0 saturated heterocycles. The van der Waals surface area contributed by atoms with Gasteiger partial charge in [-0.15, -0.1) is 0 Å². The molecule has 1 rings (SSSR count). The third-order valence-electron chi connectivity index (χ3n) is 1.87. The van der Waals surface area contributed by atoms with E-state index in [1.807, 2.05) is 0 Å². The monoisotopic (exact) mass is 233 g/mol. The fourth-order valence-corrected chi connectivity index (χ4v) is 1.09. The predicted octanol–water partition coefficient (Wildman–Crippen LogP) is 2.08. The molecule has 0 radical (unpaired) electrons. The molecular formula is C10H10F3NO2. The minimum Gasteiger partial charge on any atom is -0.469 e. The van der Waals surface area contributed by atoms with Gasteiger partial charge in [0.1, 0.15) is 5.82 Å². The van der Waals surface area contributed by atoms with Crippen LogP contribution in [0.15, 0.2) is 12.1 Å². The molecule has 1 N–H and O–H groups in total. The van der Waals surface area contributed by atoms with Crippen LogP contribution in [-0.4, -0.2) is 19.6 Å². The van der Waals surface area contributed by atoms with E-state index in [2.05, 4.69) is 10.1 Å². The van der Waals surface area contributed by atoms with Crippen LogP contribution in [0.2, 0.25) is 0 Å². The second kappa shape index (κ2) is 5.39. The van der Waals surface area contributed by atoms with Crippen LogP contribution in [0.3, 0.4) is 0 Å². The first-order valence-corrected chi connectivity index (χ1v) is 4.50. The Kier molecular flexibility index (Phi) is 4.16. The van der Waals surface area contributed by atoms with E-state index in [0.29, 0.717) is 6.07 Å². The molecule has 3 nitrogen and oxygen atoms in total. The highest BCUT2D eigenvalue weighted by Crippen LogP contribution is 2.18. The summed E-state index contributed by atoms with van der Waals surface area (Å²) in [5, 5.41) is 2.40. The quantitative estimate of drug-likeness (QED) is 0.639. The zero-order chi connectivity index (χ0) is 12.1. The number of methoxy groups -OCH3 is 1. The van der Waals surface area contributed by atoms with E-state index in [1.54, 1.807) is 0 Å². The highest BCUT2D eigenvalue weighted by Gasteiger charge is 2.10. The van der Waals surface area contributed by atoms with Crippen molar-refractivity contribution in [3.63, 3.8) is 0 Å². The lowest BCUT2D eigenvalue weighted by molar-refractivity contribution is -0.140. The van der Waals surface area contributed by atoms with Crippen molar-refractivity contribution < 1.29 is 22.7 Å². The number of ether oxygens (including phenoxy) is 1. The van der Waals surface area contributed by atoms with E-state index < -0.39 is 23.4 Å². The van der Waals surface area contributed by atoms with E-state index in [0.717, 1.165) is 6.07 Å². The Morgan fingerprint density at radius 2 is 2.06 bits per heavy atom. The smallest absolute Gasteiger partial charge is 0.307 e. The van der Waals surface area contributed by atoms with Gasteiger partial charge in [-0.05, 0) is 0 Å². The lowest BCUT2D eigenvalue weighted by Crippen LogP contribution is -2.11. The van der Waals surface area contributed by atoms with Crippen molar-refractivity contribution in [2.45, 2.75) is 6.42 Å². The number of carbonyl (C=O) groups is 1. The summed E-state index contributed by atoms with van der Waals surface area (Å²) in [4.78, 5) is 10.7. The van der Waals surface area contributed by atoms with E-state index in [-0.39, 0.29) is 18.7 Å². The van der Waals surface area contributed by atoms with Gasteiger partial charge in [-0.3, -0.25) is 4.79 Å². The maximum Gasteiger partial charge on any atom is 0.307 e. The Morgan fingerprint density at radius 1 is 1.38 bits per heavy atom. The first-order chi connectivity index (χ1) is 7.54. The van der Waals surface area contributed by atoms with Gasteiger partial charge in [0.05, 0.1) is 19.2 Å². The zero-order valence-corrected chi connectivity index (χ0v) is 8.52. The molecule has 1 aromatic rings. The molecule has 1 aromatic carbocycles. The van der Waals surface area contributed by atoms with Gasteiger partial charge in [0, 0.05) is 18.7 Å². The average Bonchev–Trinajstić information content (AvgIpc) is 2.24. The normalized spacial score (nSPS) is 10.0. The van der Waals surface area contributed by atoms with Crippen LogP contribution < -0.4 is 5.32 Å². The molecule has 0 unspecified atom stereocenters. The summed E-state index contributed by atoms with van der Waals surface area (Å²) in [7, 11) is 1.21. The summed E-state index contributed by atoms with van der Waals surface area (Å²) in [6, 6.07) is 1.26. The SMILES string of the molecule is COC(=O)CCNc1cc(F)cc(F)c1F. The van der Waals surface area contributed by atoms with Crippen molar-refractivity contribution in [2.75, 3.05) is 19.0 Å². The van der Waals surface area contributed by atoms with Gasteiger partial charge in [0.15, 0.2) is 11.6 Å². The first-order valence-electron chi connectivity index (χ1n) is 4.50. The molecule has 0 aliphatic rings. The highest BCUT2D eigenvalue weighted by molar-refractivity contribution is 5.69. The van der Waals surface area contributed by atoms with E-state index in [1.165, 1.54) is 7.11 Å². The Labute approximate surface area is 90.2 Å². The molecule has 0 amide bonds. The summed E-state index contributed by atoms with van der Waals surface area (Å²) in [6.07, 6.45) is -0.0198. The zero-order valence-electron chi connectivity index (χ0n) is 8.52. The van der Waals surface area contributed by atoms with Crippen molar-refractivity contribution in [3.8, 4) is 0 Å². The summed E-state index contributed by atoms with van der Waals surface area (Å²) in [5.41, 5.74) is -0.318. The third kappa shape index (κ3) is 3.15. The molecule has 0 bridgehead atoms. The van der Waals surface area contributed by atoms with Gasteiger partial charge < -0.3 is 10.1 Å². The second-order valence-corrected chi connectivity index (χ2v) is 3.00. The van der Waals surface area contributed by atoms with Crippen LogP contribution in [0.25, 0.3) is 0 Å². The van der Waals surface area contributed by atoms with Crippen molar-refractivity contribution in [1.29, 1.82) is 0 Å². The van der Waals surface area contributed by atoms with Gasteiger partial charge in [-0.2, -0.15) is 0 Å². The standard InChI is InChI=1S/C10H10F3NO2/c1-16-9(15)2-3-14-8-5-6(11)4-7(12)10(8)13/h4-5,14H,2-3H2,1H3. The van der Waals surface area contributed by atoms with Crippen LogP contribution >= 0.6 is 0 Å². The summed E-state index contributed by atoms with van der Waals surface area (Å²) < 4.78 is 42.9. The molecule has 16 heavy (non-hydrogen) atoms. The molecule has 0 aliphatic carbocycles. The molecule has 0 aliphatic heterocycles. The Balaban J connectivity index is 2.63. The van der Waals surface area contributed by atoms with Crippen molar-refractivity contribution in [2.24, 2.45) is 0 Å². The molecule has 0 aromatic heterocycles. The maximum absolute atomic E-state index is 13.1. The molecule has 0 atom stereocenters.